The quantitative estimate of drug-likeness (QED) is 0.751. The topological polar surface area (TPSA) is 66.5 Å². The number of aromatic nitrogens is 4. The predicted octanol–water partition coefficient (Wildman–Crippen LogP) is 2.97. The van der Waals surface area contributed by atoms with Crippen molar-refractivity contribution in [2.75, 3.05) is 5.32 Å². The zero-order chi connectivity index (χ0) is 12.7. The summed E-state index contributed by atoms with van der Waals surface area (Å²) in [5, 5.41) is 11.7. The van der Waals surface area contributed by atoms with Gasteiger partial charge in [0.25, 0.3) is 0 Å². The van der Waals surface area contributed by atoms with Crippen LogP contribution in [0.1, 0.15) is 24.3 Å². The van der Waals surface area contributed by atoms with Crippen molar-refractivity contribution >= 4 is 22.5 Å². The van der Waals surface area contributed by atoms with Crippen LogP contribution in [0.15, 0.2) is 36.8 Å². The molecule has 5 nitrogen and oxygen atoms in total. The van der Waals surface area contributed by atoms with Gasteiger partial charge in [0, 0.05) is 17.1 Å². The highest BCUT2D eigenvalue weighted by atomic mass is 15.2. The van der Waals surface area contributed by atoms with E-state index in [2.05, 4.69) is 25.5 Å². The van der Waals surface area contributed by atoms with Crippen molar-refractivity contribution in [3.05, 3.63) is 42.4 Å². The molecule has 0 bridgehead atoms. The highest BCUT2D eigenvalue weighted by molar-refractivity contribution is 5.91. The molecule has 1 fully saturated rings. The molecule has 4 rings (SSSR count). The number of nitrogens with one attached hydrogen (secondary N) is 2. The molecule has 0 amide bonds. The van der Waals surface area contributed by atoms with Crippen LogP contribution >= 0.6 is 0 Å². The van der Waals surface area contributed by atoms with Gasteiger partial charge in [0.15, 0.2) is 5.82 Å². The average Bonchev–Trinajstić information content (AvgIpc) is 3.22. The molecule has 1 aromatic carbocycles. The SMILES string of the molecule is c1ccc2c(Nc3ncncc3C3CC3)n[nH]c2c1. The van der Waals surface area contributed by atoms with Gasteiger partial charge < -0.3 is 5.32 Å². The Bertz CT molecular complexity index is 729. The van der Waals surface area contributed by atoms with Gasteiger partial charge in [-0.25, -0.2) is 9.97 Å². The maximum absolute atomic E-state index is 4.35. The van der Waals surface area contributed by atoms with Gasteiger partial charge in [0.2, 0.25) is 0 Å². The molecule has 0 atom stereocenters. The normalized spacial score (nSPS) is 14.7. The zero-order valence-corrected chi connectivity index (χ0v) is 10.3. The molecule has 0 aliphatic heterocycles. The van der Waals surface area contributed by atoms with Crippen LogP contribution < -0.4 is 5.32 Å². The van der Waals surface area contributed by atoms with Gasteiger partial charge in [-0.2, -0.15) is 5.10 Å². The molecule has 0 radical (unpaired) electrons. The third-order valence-corrected chi connectivity index (χ3v) is 3.46. The maximum Gasteiger partial charge on any atom is 0.161 e. The van der Waals surface area contributed by atoms with Gasteiger partial charge in [-0.15, -0.1) is 0 Å². The molecule has 3 aromatic rings. The lowest BCUT2D eigenvalue weighted by atomic mass is 10.2. The van der Waals surface area contributed by atoms with E-state index < -0.39 is 0 Å². The second-order valence-corrected chi connectivity index (χ2v) is 4.84. The number of rotatable bonds is 3. The fraction of sp³-hybridized carbons (Fsp3) is 0.214. The van der Waals surface area contributed by atoms with E-state index in [-0.39, 0.29) is 0 Å². The number of hydrogen-bond donors (Lipinski definition) is 2. The number of fused-ring (bicyclic) bond motifs is 1. The van der Waals surface area contributed by atoms with E-state index in [9.17, 15) is 0 Å². The summed E-state index contributed by atoms with van der Waals surface area (Å²) in [6, 6.07) is 8.05. The third kappa shape index (κ3) is 1.83. The van der Waals surface area contributed by atoms with Crippen LogP contribution in [0.3, 0.4) is 0 Å². The Morgan fingerprint density at radius 1 is 1.16 bits per heavy atom. The minimum absolute atomic E-state index is 0.605. The Hall–Kier alpha value is -2.43. The molecule has 2 N–H and O–H groups in total. The smallest absolute Gasteiger partial charge is 0.161 e. The number of nitrogens with zero attached hydrogens (tertiary/aromatic N) is 3. The molecule has 5 heteroatoms. The van der Waals surface area contributed by atoms with Crippen molar-refractivity contribution in [1.82, 2.24) is 20.2 Å². The van der Waals surface area contributed by atoms with Crippen LogP contribution in [0, 0.1) is 0 Å². The van der Waals surface area contributed by atoms with Crippen LogP contribution in [0.5, 0.6) is 0 Å². The van der Waals surface area contributed by atoms with Crippen molar-refractivity contribution in [3.8, 4) is 0 Å². The Morgan fingerprint density at radius 2 is 2.05 bits per heavy atom. The molecule has 1 aliphatic rings. The van der Waals surface area contributed by atoms with E-state index in [0.29, 0.717) is 5.92 Å². The average molecular weight is 251 g/mol. The summed E-state index contributed by atoms with van der Waals surface area (Å²) in [7, 11) is 0. The molecule has 0 saturated heterocycles. The standard InChI is InChI=1S/C14H13N5/c1-2-4-12-10(3-1)14(19-18-12)17-13-11(9-5-6-9)7-15-8-16-13/h1-4,7-9H,5-6H2,(H2,15,16,17,18,19). The number of benzene rings is 1. The number of aromatic amines is 1. The predicted molar refractivity (Wildman–Crippen MR) is 73.4 cm³/mol. The molecule has 2 aromatic heterocycles. The molecule has 1 aliphatic carbocycles. The number of H-pyrrole nitrogens is 1. The first-order valence-electron chi connectivity index (χ1n) is 6.42. The molecule has 0 unspecified atom stereocenters. The summed E-state index contributed by atoms with van der Waals surface area (Å²) in [6.07, 6.45) is 5.93. The number of hydrogen-bond acceptors (Lipinski definition) is 4. The van der Waals surface area contributed by atoms with Gasteiger partial charge in [0.1, 0.15) is 12.1 Å². The first-order valence-corrected chi connectivity index (χ1v) is 6.42. The fourth-order valence-corrected chi connectivity index (χ4v) is 2.31. The summed E-state index contributed by atoms with van der Waals surface area (Å²) >= 11 is 0. The monoisotopic (exact) mass is 251 g/mol. The van der Waals surface area contributed by atoms with E-state index in [1.165, 1.54) is 18.4 Å². The van der Waals surface area contributed by atoms with Gasteiger partial charge in [0.05, 0.1) is 5.52 Å². The summed E-state index contributed by atoms with van der Waals surface area (Å²) in [6.45, 7) is 0. The van der Waals surface area contributed by atoms with Crippen LogP contribution in [-0.2, 0) is 0 Å². The maximum atomic E-state index is 4.35. The lowest BCUT2D eigenvalue weighted by Gasteiger charge is -2.07. The fourth-order valence-electron chi connectivity index (χ4n) is 2.31. The summed E-state index contributed by atoms with van der Waals surface area (Å²) < 4.78 is 0. The molecule has 2 heterocycles. The largest absolute Gasteiger partial charge is 0.323 e. The molecule has 19 heavy (non-hydrogen) atoms. The Kier molecular flexibility index (Phi) is 2.24. The van der Waals surface area contributed by atoms with Crippen LogP contribution in [0.2, 0.25) is 0 Å². The summed E-state index contributed by atoms with van der Waals surface area (Å²) in [4.78, 5) is 8.46. The molecular weight excluding hydrogens is 238 g/mol. The van der Waals surface area contributed by atoms with E-state index in [0.717, 1.165) is 22.5 Å². The Labute approximate surface area is 110 Å². The zero-order valence-electron chi connectivity index (χ0n) is 10.3. The Balaban J connectivity index is 1.75. The van der Waals surface area contributed by atoms with Gasteiger partial charge >= 0.3 is 0 Å². The number of para-hydroxylation sites is 1. The first kappa shape index (κ1) is 10.5. The molecule has 1 saturated carbocycles. The van der Waals surface area contributed by atoms with Crippen molar-refractivity contribution in [3.63, 3.8) is 0 Å². The van der Waals surface area contributed by atoms with E-state index in [1.807, 2.05) is 30.5 Å². The summed E-state index contributed by atoms with van der Waals surface area (Å²) in [5.74, 6) is 2.29. The van der Waals surface area contributed by atoms with Crippen LogP contribution in [-0.4, -0.2) is 20.2 Å². The van der Waals surface area contributed by atoms with Gasteiger partial charge in [-0.3, -0.25) is 5.10 Å². The van der Waals surface area contributed by atoms with Crippen molar-refractivity contribution in [2.45, 2.75) is 18.8 Å². The second kappa shape index (κ2) is 4.05. The van der Waals surface area contributed by atoms with Gasteiger partial charge in [-0.05, 0) is 30.9 Å². The lowest BCUT2D eigenvalue weighted by molar-refractivity contribution is 1.03. The first-order chi connectivity index (χ1) is 9.42. The lowest BCUT2D eigenvalue weighted by Crippen LogP contribution is -1.99. The minimum atomic E-state index is 0.605. The van der Waals surface area contributed by atoms with E-state index in [1.54, 1.807) is 6.33 Å². The van der Waals surface area contributed by atoms with Crippen molar-refractivity contribution < 1.29 is 0 Å². The second-order valence-electron chi connectivity index (χ2n) is 4.84. The highest BCUT2D eigenvalue weighted by Crippen LogP contribution is 2.43. The number of anilines is 2. The minimum Gasteiger partial charge on any atom is -0.323 e. The Morgan fingerprint density at radius 3 is 2.95 bits per heavy atom. The molecule has 94 valence electrons. The van der Waals surface area contributed by atoms with Crippen LogP contribution in [0.4, 0.5) is 11.6 Å². The van der Waals surface area contributed by atoms with Crippen molar-refractivity contribution in [2.24, 2.45) is 0 Å². The summed E-state index contributed by atoms with van der Waals surface area (Å²) in [5.41, 5.74) is 2.21. The van der Waals surface area contributed by atoms with Crippen LogP contribution in [0.25, 0.3) is 10.9 Å². The third-order valence-electron chi connectivity index (χ3n) is 3.46. The molecular formula is C14H13N5. The van der Waals surface area contributed by atoms with E-state index >= 15 is 0 Å². The van der Waals surface area contributed by atoms with E-state index in [4.69, 9.17) is 0 Å². The highest BCUT2D eigenvalue weighted by Gasteiger charge is 2.27. The van der Waals surface area contributed by atoms with Crippen molar-refractivity contribution in [1.29, 1.82) is 0 Å². The van der Waals surface area contributed by atoms with Gasteiger partial charge in [-0.1, -0.05) is 12.1 Å². The molecule has 0 spiro atoms.